The molecule has 21 heavy (non-hydrogen) atoms. The Morgan fingerprint density at radius 3 is 1.05 bits per heavy atom. The standard InChI is InChI=1S/C18H34ClOP/c19-21(20,17-13-9-5-1-2-6-10-14-17)18-15-11-7-3-4-8-12-16-18/h17-18H,1-16H2. The quantitative estimate of drug-likeness (QED) is 0.478. The average Bonchev–Trinajstić information content (AvgIpc) is 2.70. The van der Waals surface area contributed by atoms with E-state index in [-0.39, 0.29) is 0 Å². The fourth-order valence-electron chi connectivity index (χ4n) is 4.23. The topological polar surface area (TPSA) is 17.1 Å². The summed E-state index contributed by atoms with van der Waals surface area (Å²) in [6.45, 7) is -2.50. The summed E-state index contributed by atoms with van der Waals surface area (Å²) in [6.07, 6.45) is 20.2. The van der Waals surface area contributed by atoms with Crippen LogP contribution in [0, 0.1) is 0 Å². The van der Waals surface area contributed by atoms with Gasteiger partial charge in [-0.1, -0.05) is 88.3 Å². The minimum atomic E-state index is -2.50. The Morgan fingerprint density at radius 2 is 0.762 bits per heavy atom. The maximum atomic E-state index is 13.4. The average molecular weight is 333 g/mol. The molecule has 0 heterocycles. The SMILES string of the molecule is O=P(Cl)(C1CCCCCCCC1)C1CCCCCCCC1. The van der Waals surface area contributed by atoms with Gasteiger partial charge in [-0.15, -0.1) is 0 Å². The van der Waals surface area contributed by atoms with Gasteiger partial charge in [-0.2, -0.15) is 0 Å². The number of rotatable bonds is 2. The van der Waals surface area contributed by atoms with E-state index in [1.54, 1.807) is 0 Å². The Labute approximate surface area is 136 Å². The van der Waals surface area contributed by atoms with Gasteiger partial charge < -0.3 is 4.57 Å². The molecule has 0 unspecified atom stereocenters. The Kier molecular flexibility index (Phi) is 8.18. The molecular formula is C18H34ClOP. The van der Waals surface area contributed by atoms with Crippen LogP contribution < -0.4 is 0 Å². The number of halogens is 1. The molecule has 2 aliphatic rings. The zero-order valence-corrected chi connectivity index (χ0v) is 15.4. The van der Waals surface area contributed by atoms with Crippen LogP contribution in [0.15, 0.2) is 0 Å². The van der Waals surface area contributed by atoms with Crippen LogP contribution in [0.1, 0.15) is 103 Å². The molecule has 0 aliphatic heterocycles. The molecule has 0 spiro atoms. The van der Waals surface area contributed by atoms with Crippen LogP contribution in [0.2, 0.25) is 0 Å². The van der Waals surface area contributed by atoms with E-state index in [4.69, 9.17) is 11.2 Å². The summed E-state index contributed by atoms with van der Waals surface area (Å²) in [7, 11) is 0. The van der Waals surface area contributed by atoms with E-state index in [0.29, 0.717) is 11.3 Å². The van der Waals surface area contributed by atoms with Gasteiger partial charge in [0.1, 0.15) is 0 Å². The molecule has 2 aliphatic carbocycles. The highest BCUT2D eigenvalue weighted by Gasteiger charge is 2.37. The molecule has 0 bridgehead atoms. The van der Waals surface area contributed by atoms with Gasteiger partial charge in [0, 0.05) is 11.3 Å². The monoisotopic (exact) mass is 332 g/mol. The molecule has 0 N–H and O–H groups in total. The van der Waals surface area contributed by atoms with Crippen molar-refractivity contribution >= 4 is 17.7 Å². The normalized spacial score (nSPS) is 26.0. The highest BCUT2D eigenvalue weighted by molar-refractivity contribution is 7.90. The zero-order chi connectivity index (χ0) is 15.0. The van der Waals surface area contributed by atoms with Crippen molar-refractivity contribution in [3.63, 3.8) is 0 Å². The van der Waals surface area contributed by atoms with E-state index in [1.165, 1.54) is 77.0 Å². The summed E-state index contributed by atoms with van der Waals surface area (Å²) in [5.74, 6) is 0. The minimum absolute atomic E-state index is 0.322. The van der Waals surface area contributed by atoms with E-state index < -0.39 is 6.49 Å². The van der Waals surface area contributed by atoms with Crippen molar-refractivity contribution in [2.75, 3.05) is 0 Å². The molecule has 0 saturated heterocycles. The third-order valence-electron chi connectivity index (χ3n) is 5.65. The predicted octanol–water partition coefficient (Wildman–Crippen LogP) is 7.51. The lowest BCUT2D eigenvalue weighted by molar-refractivity contribution is 0.520. The van der Waals surface area contributed by atoms with Crippen molar-refractivity contribution in [3.8, 4) is 0 Å². The molecule has 0 aromatic heterocycles. The first-order chi connectivity index (χ1) is 10.2. The summed E-state index contributed by atoms with van der Waals surface area (Å²) < 4.78 is 13.4. The molecule has 3 heteroatoms. The van der Waals surface area contributed by atoms with E-state index in [0.717, 1.165) is 25.7 Å². The number of hydrogen-bond donors (Lipinski definition) is 0. The van der Waals surface area contributed by atoms with Crippen molar-refractivity contribution in [1.29, 1.82) is 0 Å². The predicted molar refractivity (Wildman–Crippen MR) is 94.9 cm³/mol. The summed E-state index contributed by atoms with van der Waals surface area (Å²) in [5.41, 5.74) is 0.644. The van der Waals surface area contributed by atoms with Crippen LogP contribution >= 0.6 is 17.7 Å². The van der Waals surface area contributed by atoms with Crippen molar-refractivity contribution in [2.45, 2.75) is 114 Å². The maximum absolute atomic E-state index is 13.4. The maximum Gasteiger partial charge on any atom is 0.175 e. The summed E-state index contributed by atoms with van der Waals surface area (Å²) in [6, 6.07) is 0. The number of hydrogen-bond acceptors (Lipinski definition) is 1. The smallest absolute Gasteiger partial charge is 0.175 e. The second-order valence-electron chi connectivity index (χ2n) is 7.33. The van der Waals surface area contributed by atoms with Crippen LogP contribution in [0.5, 0.6) is 0 Å². The highest BCUT2D eigenvalue weighted by Crippen LogP contribution is 2.65. The summed E-state index contributed by atoms with van der Waals surface area (Å²) in [4.78, 5) is 0. The highest BCUT2D eigenvalue weighted by atomic mass is 35.7. The lowest BCUT2D eigenvalue weighted by atomic mass is 10.1. The molecule has 0 aromatic carbocycles. The summed E-state index contributed by atoms with van der Waals surface area (Å²) >= 11 is 6.81. The second kappa shape index (κ2) is 9.61. The van der Waals surface area contributed by atoms with Gasteiger partial charge >= 0.3 is 0 Å². The molecule has 0 amide bonds. The zero-order valence-electron chi connectivity index (χ0n) is 13.7. The first-order valence-corrected chi connectivity index (χ1v) is 12.3. The van der Waals surface area contributed by atoms with Crippen molar-refractivity contribution in [3.05, 3.63) is 0 Å². The molecule has 2 rings (SSSR count). The van der Waals surface area contributed by atoms with Gasteiger partial charge in [0.25, 0.3) is 0 Å². The van der Waals surface area contributed by atoms with Gasteiger partial charge in [0.05, 0.1) is 0 Å². The minimum Gasteiger partial charge on any atom is -0.306 e. The van der Waals surface area contributed by atoms with Gasteiger partial charge in [0.2, 0.25) is 0 Å². The lowest BCUT2D eigenvalue weighted by Gasteiger charge is -2.29. The van der Waals surface area contributed by atoms with Crippen molar-refractivity contribution in [2.24, 2.45) is 0 Å². The van der Waals surface area contributed by atoms with E-state index in [2.05, 4.69) is 0 Å². The van der Waals surface area contributed by atoms with Crippen LogP contribution in [-0.4, -0.2) is 11.3 Å². The van der Waals surface area contributed by atoms with Crippen LogP contribution in [0.3, 0.4) is 0 Å². The lowest BCUT2D eigenvalue weighted by Crippen LogP contribution is -2.16. The first kappa shape index (κ1) is 17.9. The van der Waals surface area contributed by atoms with E-state index in [1.807, 2.05) is 0 Å². The molecule has 124 valence electrons. The van der Waals surface area contributed by atoms with Gasteiger partial charge in [-0.3, -0.25) is 0 Å². The summed E-state index contributed by atoms with van der Waals surface area (Å²) in [5, 5.41) is 0. The third-order valence-corrected chi connectivity index (χ3v) is 10.3. The van der Waals surface area contributed by atoms with Crippen molar-refractivity contribution < 1.29 is 4.57 Å². The Hall–Kier alpha value is 0.520. The molecule has 0 atom stereocenters. The Bertz CT molecular complexity index is 283. The fraction of sp³-hybridized carbons (Fsp3) is 1.00. The van der Waals surface area contributed by atoms with Crippen LogP contribution in [0.4, 0.5) is 0 Å². The molecule has 1 nitrogen and oxygen atoms in total. The Balaban J connectivity index is 1.99. The third kappa shape index (κ3) is 5.91. The second-order valence-corrected chi connectivity index (χ2v) is 11.6. The molecule has 2 saturated carbocycles. The molecular weight excluding hydrogens is 299 g/mol. The fourth-order valence-corrected chi connectivity index (χ4v) is 8.13. The van der Waals surface area contributed by atoms with E-state index in [9.17, 15) is 4.57 Å². The first-order valence-electron chi connectivity index (χ1n) is 9.50. The molecule has 2 fully saturated rings. The molecule has 0 radical (unpaired) electrons. The van der Waals surface area contributed by atoms with Gasteiger partial charge in [-0.05, 0) is 25.7 Å². The Morgan fingerprint density at radius 1 is 0.524 bits per heavy atom. The van der Waals surface area contributed by atoms with Crippen molar-refractivity contribution in [1.82, 2.24) is 0 Å². The van der Waals surface area contributed by atoms with E-state index >= 15 is 0 Å². The largest absolute Gasteiger partial charge is 0.306 e. The van der Waals surface area contributed by atoms with Gasteiger partial charge in [0.15, 0.2) is 6.49 Å². The van der Waals surface area contributed by atoms with Crippen LogP contribution in [0.25, 0.3) is 0 Å². The van der Waals surface area contributed by atoms with Gasteiger partial charge in [-0.25, -0.2) is 0 Å². The van der Waals surface area contributed by atoms with Crippen LogP contribution in [-0.2, 0) is 4.57 Å². The molecule has 0 aromatic rings.